The zero-order valence-corrected chi connectivity index (χ0v) is 9.12. The Hall–Kier alpha value is -1.73. The fourth-order valence-electron chi connectivity index (χ4n) is 1.31. The van der Waals surface area contributed by atoms with E-state index in [4.69, 9.17) is 4.55 Å². The largest absolute Gasteiger partial charge is 0.300 e. The summed E-state index contributed by atoms with van der Waals surface area (Å²) in [5.41, 5.74) is -0.155. The summed E-state index contributed by atoms with van der Waals surface area (Å²) in [6.45, 7) is 0. The molecule has 7 heteroatoms. The first-order chi connectivity index (χ1) is 8.09. The third-order valence-corrected chi connectivity index (χ3v) is 2.51. The Kier molecular flexibility index (Phi) is 3.21. The van der Waals surface area contributed by atoms with Crippen molar-refractivity contribution in [2.45, 2.75) is 5.16 Å². The van der Waals surface area contributed by atoms with E-state index in [0.717, 1.165) is 0 Å². The number of benzene rings is 1. The average Bonchev–Trinajstić information content (AvgIpc) is 2.29. The summed E-state index contributed by atoms with van der Waals surface area (Å²) in [5, 5.41) is -0.792. The molecule has 0 radical (unpaired) electrons. The molecular formula is C10H6F2N2O2S. The average molecular weight is 256 g/mol. The number of aromatic nitrogens is 2. The van der Waals surface area contributed by atoms with Crippen LogP contribution < -0.4 is 0 Å². The van der Waals surface area contributed by atoms with E-state index in [2.05, 4.69) is 9.97 Å². The third-order valence-electron chi connectivity index (χ3n) is 2.02. The van der Waals surface area contributed by atoms with Gasteiger partial charge in [-0.1, -0.05) is 30.3 Å². The first-order valence-electron chi connectivity index (χ1n) is 4.49. The molecule has 0 aliphatic heterocycles. The SMILES string of the molecule is O=S(O)c1nc(F)c(-c2ccccc2)c(F)n1. The lowest BCUT2D eigenvalue weighted by atomic mass is 10.1. The Morgan fingerprint density at radius 3 is 2.06 bits per heavy atom. The van der Waals surface area contributed by atoms with Crippen LogP contribution in [-0.2, 0) is 11.1 Å². The summed E-state index contributed by atoms with van der Waals surface area (Å²) >= 11 is -2.62. The summed E-state index contributed by atoms with van der Waals surface area (Å²) in [7, 11) is 0. The highest BCUT2D eigenvalue weighted by molar-refractivity contribution is 7.79. The first kappa shape index (κ1) is 11.7. The number of rotatable bonds is 2. The van der Waals surface area contributed by atoms with Gasteiger partial charge >= 0.3 is 0 Å². The minimum Gasteiger partial charge on any atom is -0.300 e. The summed E-state index contributed by atoms with van der Waals surface area (Å²) < 4.78 is 46.3. The second-order valence-corrected chi connectivity index (χ2v) is 3.94. The predicted molar refractivity (Wildman–Crippen MR) is 56.4 cm³/mol. The molecule has 2 aromatic rings. The minimum absolute atomic E-state index is 0.262. The van der Waals surface area contributed by atoms with Gasteiger partial charge < -0.3 is 0 Å². The Balaban J connectivity index is 2.61. The normalized spacial score (nSPS) is 12.4. The second-order valence-electron chi connectivity index (χ2n) is 3.08. The van der Waals surface area contributed by atoms with Crippen molar-refractivity contribution in [3.05, 3.63) is 42.2 Å². The summed E-state index contributed by atoms with van der Waals surface area (Å²) in [6, 6.07) is 7.87. The molecule has 1 heterocycles. The van der Waals surface area contributed by atoms with Crippen molar-refractivity contribution in [3.8, 4) is 11.1 Å². The van der Waals surface area contributed by atoms with Crippen LogP contribution in [-0.4, -0.2) is 18.7 Å². The lowest BCUT2D eigenvalue weighted by molar-refractivity contribution is 0.491. The van der Waals surface area contributed by atoms with Gasteiger partial charge in [-0.05, 0) is 5.56 Å². The van der Waals surface area contributed by atoms with Crippen molar-refractivity contribution < 1.29 is 17.5 Å². The standard InChI is InChI=1S/C10H6F2N2O2S/c11-8-7(6-4-2-1-3-5-6)9(12)14-10(13-8)17(15)16/h1-5H,(H,15,16). The van der Waals surface area contributed by atoms with Crippen LogP contribution in [0.1, 0.15) is 0 Å². The summed E-state index contributed by atoms with van der Waals surface area (Å²) in [6.07, 6.45) is 0. The van der Waals surface area contributed by atoms with Gasteiger partial charge in [0.05, 0.1) is 5.56 Å². The fourth-order valence-corrected chi connectivity index (χ4v) is 1.63. The molecule has 0 bridgehead atoms. The molecule has 0 amide bonds. The Morgan fingerprint density at radius 1 is 1.06 bits per heavy atom. The van der Waals surface area contributed by atoms with Crippen molar-refractivity contribution in [2.24, 2.45) is 0 Å². The van der Waals surface area contributed by atoms with Crippen LogP contribution in [0.4, 0.5) is 8.78 Å². The molecule has 17 heavy (non-hydrogen) atoms. The highest BCUT2D eigenvalue weighted by Crippen LogP contribution is 2.23. The highest BCUT2D eigenvalue weighted by atomic mass is 32.2. The molecule has 0 saturated heterocycles. The van der Waals surface area contributed by atoms with Gasteiger partial charge in [-0.3, -0.25) is 4.55 Å². The topological polar surface area (TPSA) is 63.1 Å². The molecule has 2 rings (SSSR count). The minimum atomic E-state index is -2.62. The van der Waals surface area contributed by atoms with E-state index >= 15 is 0 Å². The fraction of sp³-hybridized carbons (Fsp3) is 0. The van der Waals surface area contributed by atoms with E-state index in [1.54, 1.807) is 18.2 Å². The molecule has 4 nitrogen and oxygen atoms in total. The van der Waals surface area contributed by atoms with Gasteiger partial charge in [-0.15, -0.1) is 0 Å². The van der Waals surface area contributed by atoms with Crippen molar-refractivity contribution in [3.63, 3.8) is 0 Å². The maximum atomic E-state index is 13.5. The number of nitrogens with zero attached hydrogens (tertiary/aromatic N) is 2. The van der Waals surface area contributed by atoms with Gasteiger partial charge in [0, 0.05) is 0 Å². The molecule has 1 unspecified atom stereocenters. The first-order valence-corrected chi connectivity index (χ1v) is 5.59. The number of hydrogen-bond acceptors (Lipinski definition) is 3. The van der Waals surface area contributed by atoms with Crippen molar-refractivity contribution in [1.82, 2.24) is 9.97 Å². The molecule has 1 N–H and O–H groups in total. The van der Waals surface area contributed by atoms with Crippen LogP contribution in [0.25, 0.3) is 11.1 Å². The molecule has 0 aliphatic carbocycles. The molecule has 1 aromatic carbocycles. The Labute approximate surface area is 97.6 Å². The molecule has 1 aromatic heterocycles. The van der Waals surface area contributed by atoms with Crippen LogP contribution in [0, 0.1) is 11.9 Å². The van der Waals surface area contributed by atoms with Crippen LogP contribution >= 0.6 is 0 Å². The van der Waals surface area contributed by atoms with Crippen molar-refractivity contribution >= 4 is 11.1 Å². The molecule has 0 saturated carbocycles. The van der Waals surface area contributed by atoms with E-state index in [-0.39, 0.29) is 5.56 Å². The molecule has 0 spiro atoms. The quantitative estimate of drug-likeness (QED) is 0.507. The van der Waals surface area contributed by atoms with Gasteiger partial charge in [-0.25, -0.2) is 4.21 Å². The van der Waals surface area contributed by atoms with Gasteiger partial charge in [0.15, 0.2) is 0 Å². The van der Waals surface area contributed by atoms with Gasteiger partial charge in [0.25, 0.3) is 5.16 Å². The molecule has 1 atom stereocenters. The van der Waals surface area contributed by atoms with E-state index in [9.17, 15) is 13.0 Å². The van der Waals surface area contributed by atoms with Crippen molar-refractivity contribution in [2.75, 3.05) is 0 Å². The zero-order valence-electron chi connectivity index (χ0n) is 8.30. The van der Waals surface area contributed by atoms with E-state index in [0.29, 0.717) is 0 Å². The highest BCUT2D eigenvalue weighted by Gasteiger charge is 2.18. The van der Waals surface area contributed by atoms with Crippen LogP contribution in [0.15, 0.2) is 35.5 Å². The van der Waals surface area contributed by atoms with Gasteiger partial charge in [0.2, 0.25) is 23.0 Å². The molecule has 88 valence electrons. The van der Waals surface area contributed by atoms with E-state index in [1.165, 1.54) is 12.1 Å². The summed E-state index contributed by atoms with van der Waals surface area (Å²) in [4.78, 5) is 6.28. The predicted octanol–water partition coefficient (Wildman–Crippen LogP) is 2.00. The third kappa shape index (κ3) is 2.34. The molecular weight excluding hydrogens is 250 g/mol. The lowest BCUT2D eigenvalue weighted by Crippen LogP contribution is -2.05. The number of hydrogen-bond donors (Lipinski definition) is 1. The van der Waals surface area contributed by atoms with Crippen molar-refractivity contribution in [1.29, 1.82) is 0 Å². The van der Waals surface area contributed by atoms with E-state index in [1.807, 2.05) is 0 Å². The second kappa shape index (κ2) is 4.64. The van der Waals surface area contributed by atoms with Gasteiger partial charge in [0.1, 0.15) is 0 Å². The Morgan fingerprint density at radius 2 is 1.59 bits per heavy atom. The smallest absolute Gasteiger partial charge is 0.252 e. The molecule has 0 aliphatic rings. The zero-order chi connectivity index (χ0) is 12.4. The van der Waals surface area contributed by atoms with Crippen LogP contribution in [0.5, 0.6) is 0 Å². The van der Waals surface area contributed by atoms with Gasteiger partial charge in [-0.2, -0.15) is 18.7 Å². The maximum absolute atomic E-state index is 13.5. The number of halogens is 2. The maximum Gasteiger partial charge on any atom is 0.252 e. The van der Waals surface area contributed by atoms with Crippen LogP contribution in [0.3, 0.4) is 0 Å². The monoisotopic (exact) mass is 256 g/mol. The van der Waals surface area contributed by atoms with Crippen LogP contribution in [0.2, 0.25) is 0 Å². The summed E-state index contributed by atoms with van der Waals surface area (Å²) in [5.74, 6) is -2.33. The Bertz CT molecular complexity index is 555. The van der Waals surface area contributed by atoms with E-state index < -0.39 is 33.7 Å². The molecule has 0 fully saturated rings. The lowest BCUT2D eigenvalue weighted by Gasteiger charge is -2.04.